The van der Waals surface area contributed by atoms with Crippen molar-refractivity contribution in [3.8, 4) is 23.6 Å². The van der Waals surface area contributed by atoms with Crippen LogP contribution in [0, 0.1) is 22.7 Å². The number of fused-ring (bicyclic) bond motifs is 1. The molecule has 0 atom stereocenters. The molecule has 1 amide bonds. The van der Waals surface area contributed by atoms with Gasteiger partial charge in [0.1, 0.15) is 17.7 Å². The van der Waals surface area contributed by atoms with Crippen molar-refractivity contribution < 1.29 is 14.3 Å². The number of nitriles is 2. The Labute approximate surface area is 188 Å². The maximum absolute atomic E-state index is 12.5. The van der Waals surface area contributed by atoms with Gasteiger partial charge < -0.3 is 19.8 Å². The number of halogens is 1. The van der Waals surface area contributed by atoms with E-state index in [2.05, 4.69) is 26.2 Å². The lowest BCUT2D eigenvalue weighted by Crippen LogP contribution is -2.26. The van der Waals surface area contributed by atoms with Gasteiger partial charge in [-0.25, -0.2) is 0 Å². The number of methoxy groups -OCH3 is 1. The van der Waals surface area contributed by atoms with Crippen molar-refractivity contribution in [2.75, 3.05) is 20.3 Å². The summed E-state index contributed by atoms with van der Waals surface area (Å²) in [5.74, 6) is 0.304. The number of amides is 1. The number of benzene rings is 2. The van der Waals surface area contributed by atoms with Gasteiger partial charge >= 0.3 is 0 Å². The summed E-state index contributed by atoms with van der Waals surface area (Å²) >= 11 is 3.37. The Hall–Kier alpha value is -3.75. The van der Waals surface area contributed by atoms with E-state index in [4.69, 9.17) is 14.7 Å². The Morgan fingerprint density at radius 1 is 1.29 bits per heavy atom. The zero-order valence-electron chi connectivity index (χ0n) is 16.7. The molecule has 0 unspecified atom stereocenters. The van der Waals surface area contributed by atoms with Crippen LogP contribution < -0.4 is 14.8 Å². The van der Waals surface area contributed by atoms with E-state index >= 15 is 0 Å². The molecule has 3 rings (SSSR count). The quantitative estimate of drug-likeness (QED) is 0.373. The Kier molecular flexibility index (Phi) is 7.31. The van der Waals surface area contributed by atoms with E-state index in [1.807, 2.05) is 42.6 Å². The topological polar surface area (TPSA) is 111 Å². The summed E-state index contributed by atoms with van der Waals surface area (Å²) in [7, 11) is 1.47. The van der Waals surface area contributed by atoms with E-state index in [0.717, 1.165) is 16.5 Å². The van der Waals surface area contributed by atoms with Crippen LogP contribution in [0.25, 0.3) is 17.0 Å². The summed E-state index contributed by atoms with van der Waals surface area (Å²) in [6.07, 6.45) is 4.04. The number of hydrogen-bond donors (Lipinski definition) is 2. The maximum atomic E-state index is 12.5. The fourth-order valence-electron chi connectivity index (χ4n) is 3.13. The Morgan fingerprint density at radius 2 is 2.10 bits per heavy atom. The lowest BCUT2D eigenvalue weighted by atomic mass is 10.1. The first-order chi connectivity index (χ1) is 15.1. The van der Waals surface area contributed by atoms with Gasteiger partial charge in [-0.3, -0.25) is 4.79 Å². The lowest BCUT2D eigenvalue weighted by molar-refractivity contribution is -0.117. The number of aromatic nitrogens is 1. The molecule has 156 valence electrons. The molecule has 0 bridgehead atoms. The van der Waals surface area contributed by atoms with E-state index in [-0.39, 0.29) is 12.2 Å². The van der Waals surface area contributed by atoms with Gasteiger partial charge in [-0.1, -0.05) is 18.2 Å². The lowest BCUT2D eigenvalue weighted by Gasteiger charge is -2.11. The van der Waals surface area contributed by atoms with Crippen LogP contribution in [0.5, 0.6) is 11.5 Å². The van der Waals surface area contributed by atoms with E-state index in [9.17, 15) is 10.1 Å². The molecular weight excluding hydrogens is 460 g/mol. The summed E-state index contributed by atoms with van der Waals surface area (Å²) in [5.41, 5.74) is 2.69. The van der Waals surface area contributed by atoms with Crippen LogP contribution in [-0.2, 0) is 11.2 Å². The fraction of sp³-hybridized carbons (Fsp3) is 0.174. The summed E-state index contributed by atoms with van der Waals surface area (Å²) < 4.78 is 11.2. The number of para-hydroxylation sites is 1. The van der Waals surface area contributed by atoms with Crippen molar-refractivity contribution in [2.24, 2.45) is 0 Å². The van der Waals surface area contributed by atoms with Crippen molar-refractivity contribution in [1.29, 1.82) is 10.5 Å². The molecule has 1 aromatic heterocycles. The monoisotopic (exact) mass is 478 g/mol. The number of ether oxygens (including phenoxy) is 2. The number of nitrogens with one attached hydrogen (secondary N) is 2. The first-order valence-corrected chi connectivity index (χ1v) is 10.2. The van der Waals surface area contributed by atoms with Crippen molar-refractivity contribution >= 4 is 38.8 Å². The van der Waals surface area contributed by atoms with Gasteiger partial charge in [0.25, 0.3) is 5.91 Å². The zero-order valence-corrected chi connectivity index (χ0v) is 18.3. The molecule has 0 saturated carbocycles. The van der Waals surface area contributed by atoms with Gasteiger partial charge in [0, 0.05) is 23.6 Å². The molecule has 0 aliphatic carbocycles. The molecule has 0 radical (unpaired) electrons. The molecule has 1 heterocycles. The second-order valence-corrected chi connectivity index (χ2v) is 7.37. The Bertz CT molecular complexity index is 1220. The number of hydrogen-bond acceptors (Lipinski definition) is 5. The number of carbonyl (C=O) groups excluding carboxylic acids is 1. The smallest absolute Gasteiger partial charge is 0.261 e. The predicted octanol–water partition coefficient (Wildman–Crippen LogP) is 4.11. The molecular formula is C23H19BrN4O3. The van der Waals surface area contributed by atoms with E-state index in [1.54, 1.807) is 12.1 Å². The standard InChI is InChI=1S/C23H19BrN4O3/c1-30-21-12-15(11-19(24)22(21)31-9-7-25)10-17(13-26)23(29)27-8-6-16-14-28-20-5-3-2-4-18(16)20/h2-5,10-12,14,28H,6,8-9H2,1H3,(H,27,29)/b17-10-. The number of carbonyl (C=O) groups is 1. The summed E-state index contributed by atoms with van der Waals surface area (Å²) in [6.45, 7) is 0.264. The summed E-state index contributed by atoms with van der Waals surface area (Å²) in [5, 5.41) is 22.1. The zero-order chi connectivity index (χ0) is 22.2. The average molecular weight is 479 g/mol. The largest absolute Gasteiger partial charge is 0.493 e. The van der Waals surface area contributed by atoms with Crippen molar-refractivity contribution in [3.05, 3.63) is 63.8 Å². The molecule has 0 spiro atoms. The molecule has 3 aromatic rings. The average Bonchev–Trinajstić information content (AvgIpc) is 3.19. The van der Waals surface area contributed by atoms with Gasteiger partial charge in [0.05, 0.1) is 11.6 Å². The van der Waals surface area contributed by atoms with Crippen LogP contribution in [0.1, 0.15) is 11.1 Å². The van der Waals surface area contributed by atoms with Crippen LogP contribution in [-0.4, -0.2) is 31.2 Å². The minimum atomic E-state index is -0.456. The highest BCUT2D eigenvalue weighted by molar-refractivity contribution is 9.10. The molecule has 7 nitrogen and oxygen atoms in total. The Morgan fingerprint density at radius 3 is 2.84 bits per heavy atom. The first kappa shape index (κ1) is 21.9. The maximum Gasteiger partial charge on any atom is 0.261 e. The summed E-state index contributed by atoms with van der Waals surface area (Å²) in [4.78, 5) is 15.7. The SMILES string of the molecule is COc1cc(/C=C(/C#N)C(=O)NCCc2c[nH]c3ccccc23)cc(Br)c1OCC#N. The van der Waals surface area contributed by atoms with E-state index in [1.165, 1.54) is 13.2 Å². The molecule has 0 aliphatic heterocycles. The molecule has 0 saturated heterocycles. The third kappa shape index (κ3) is 5.25. The van der Waals surface area contributed by atoms with E-state index < -0.39 is 5.91 Å². The number of rotatable bonds is 8. The molecule has 2 N–H and O–H groups in total. The third-order valence-electron chi connectivity index (χ3n) is 4.56. The van der Waals surface area contributed by atoms with Crippen molar-refractivity contribution in [1.82, 2.24) is 10.3 Å². The normalized spacial score (nSPS) is 10.9. The van der Waals surface area contributed by atoms with Crippen LogP contribution in [0.2, 0.25) is 0 Å². The van der Waals surface area contributed by atoms with Crippen LogP contribution in [0.4, 0.5) is 0 Å². The van der Waals surface area contributed by atoms with Crippen LogP contribution in [0.15, 0.2) is 52.6 Å². The molecule has 0 fully saturated rings. The number of nitrogens with zero attached hydrogens (tertiary/aromatic N) is 2. The summed E-state index contributed by atoms with van der Waals surface area (Å²) in [6, 6.07) is 15.1. The highest BCUT2D eigenvalue weighted by Gasteiger charge is 2.14. The fourth-order valence-corrected chi connectivity index (χ4v) is 3.70. The van der Waals surface area contributed by atoms with E-state index in [0.29, 0.717) is 34.5 Å². The highest BCUT2D eigenvalue weighted by atomic mass is 79.9. The second kappa shape index (κ2) is 10.3. The predicted molar refractivity (Wildman–Crippen MR) is 120 cm³/mol. The third-order valence-corrected chi connectivity index (χ3v) is 5.15. The van der Waals surface area contributed by atoms with Gasteiger partial charge in [-0.15, -0.1) is 0 Å². The molecule has 0 aliphatic rings. The number of H-pyrrole nitrogens is 1. The van der Waals surface area contributed by atoms with Crippen LogP contribution >= 0.6 is 15.9 Å². The minimum Gasteiger partial charge on any atom is -0.493 e. The minimum absolute atomic E-state index is 0.0291. The first-order valence-electron chi connectivity index (χ1n) is 9.39. The molecule has 2 aromatic carbocycles. The van der Waals surface area contributed by atoms with Gasteiger partial charge in [0.15, 0.2) is 18.1 Å². The second-order valence-electron chi connectivity index (χ2n) is 6.52. The molecule has 31 heavy (non-hydrogen) atoms. The van der Waals surface area contributed by atoms with Crippen molar-refractivity contribution in [2.45, 2.75) is 6.42 Å². The Balaban J connectivity index is 1.70. The van der Waals surface area contributed by atoms with Crippen LogP contribution in [0.3, 0.4) is 0 Å². The molecule has 8 heteroatoms. The number of aromatic amines is 1. The highest BCUT2D eigenvalue weighted by Crippen LogP contribution is 2.37. The van der Waals surface area contributed by atoms with Gasteiger partial charge in [-0.05, 0) is 57.8 Å². The van der Waals surface area contributed by atoms with Gasteiger partial charge in [0.2, 0.25) is 0 Å². The van der Waals surface area contributed by atoms with Gasteiger partial charge in [-0.2, -0.15) is 10.5 Å². The van der Waals surface area contributed by atoms with Crippen molar-refractivity contribution in [3.63, 3.8) is 0 Å².